The number of carbonyl (C=O) groups is 1. The number of esters is 1. The van der Waals surface area contributed by atoms with Crippen LogP contribution in [0, 0.1) is 5.92 Å². The number of hydroxylamine groups is 2. The summed E-state index contributed by atoms with van der Waals surface area (Å²) in [6, 6.07) is 0. The number of ether oxygens (including phenoxy) is 1. The molecule has 4 nitrogen and oxygen atoms in total. The van der Waals surface area contributed by atoms with E-state index in [9.17, 15) is 4.79 Å². The van der Waals surface area contributed by atoms with Gasteiger partial charge in [0.2, 0.25) is 0 Å². The van der Waals surface area contributed by atoms with E-state index in [2.05, 4.69) is 0 Å². The Morgan fingerprint density at radius 3 is 2.33 bits per heavy atom. The summed E-state index contributed by atoms with van der Waals surface area (Å²) in [5.74, 6) is -0.404. The first-order valence-corrected chi connectivity index (χ1v) is 5.25. The van der Waals surface area contributed by atoms with Gasteiger partial charge in [-0.05, 0) is 34.6 Å². The molecule has 0 aliphatic carbocycles. The summed E-state index contributed by atoms with van der Waals surface area (Å²) in [6.45, 7) is 10.0. The quantitative estimate of drug-likeness (QED) is 0.623. The molecular weight excluding hydrogens is 194 g/mol. The molecule has 0 N–H and O–H groups in total. The summed E-state index contributed by atoms with van der Waals surface area (Å²) in [4.78, 5) is 17.4. The highest BCUT2D eigenvalue weighted by molar-refractivity contribution is 5.74. The number of hydrogen-bond donors (Lipinski definition) is 0. The molecule has 0 aromatic heterocycles. The third-order valence-electron chi connectivity index (χ3n) is 2.36. The highest BCUT2D eigenvalue weighted by Gasteiger charge is 2.46. The second-order valence-corrected chi connectivity index (χ2v) is 5.59. The van der Waals surface area contributed by atoms with Crippen LogP contribution in [-0.2, 0) is 14.4 Å². The van der Waals surface area contributed by atoms with E-state index in [0.717, 1.165) is 0 Å². The largest absolute Gasteiger partial charge is 0.460 e. The van der Waals surface area contributed by atoms with Crippen LogP contribution in [0.3, 0.4) is 0 Å². The molecule has 1 aliphatic heterocycles. The first-order valence-electron chi connectivity index (χ1n) is 5.25. The smallest absolute Gasteiger partial charge is 0.313 e. The van der Waals surface area contributed by atoms with Gasteiger partial charge in [0.25, 0.3) is 0 Å². The fourth-order valence-corrected chi connectivity index (χ4v) is 1.71. The van der Waals surface area contributed by atoms with Gasteiger partial charge in [-0.25, -0.2) is 0 Å². The molecule has 0 unspecified atom stereocenters. The molecule has 0 spiro atoms. The van der Waals surface area contributed by atoms with Crippen LogP contribution in [0.2, 0.25) is 0 Å². The lowest BCUT2D eigenvalue weighted by atomic mass is 9.92. The third-order valence-corrected chi connectivity index (χ3v) is 2.36. The van der Waals surface area contributed by atoms with Crippen LogP contribution in [0.25, 0.3) is 0 Å². The van der Waals surface area contributed by atoms with Crippen molar-refractivity contribution in [3.05, 3.63) is 0 Å². The molecule has 0 aromatic carbocycles. The SMILES string of the molecule is CN1C[C@@H](C(=O)OC(C)(C)C)C(C)(C)O1. The van der Waals surface area contributed by atoms with E-state index in [4.69, 9.17) is 9.57 Å². The molecule has 1 aliphatic rings. The molecule has 15 heavy (non-hydrogen) atoms. The maximum absolute atomic E-state index is 11.9. The van der Waals surface area contributed by atoms with Crippen molar-refractivity contribution in [1.82, 2.24) is 5.06 Å². The zero-order chi connectivity index (χ0) is 11.9. The molecule has 1 atom stereocenters. The molecule has 1 heterocycles. The summed E-state index contributed by atoms with van der Waals surface area (Å²) < 4.78 is 5.36. The van der Waals surface area contributed by atoms with E-state index in [0.29, 0.717) is 6.54 Å². The van der Waals surface area contributed by atoms with Gasteiger partial charge in [-0.15, -0.1) is 0 Å². The van der Waals surface area contributed by atoms with Gasteiger partial charge in [0, 0.05) is 13.6 Å². The molecule has 4 heteroatoms. The molecule has 0 bridgehead atoms. The predicted molar refractivity (Wildman–Crippen MR) is 57.1 cm³/mol. The number of nitrogens with zero attached hydrogens (tertiary/aromatic N) is 1. The standard InChI is InChI=1S/C11H21NO3/c1-10(2,3)14-9(13)8-7-12(6)15-11(8,4)5/h8H,7H2,1-6H3/t8-/m0/s1. The molecular formula is C11H21NO3. The molecule has 0 radical (unpaired) electrons. The zero-order valence-corrected chi connectivity index (χ0v) is 10.5. The summed E-state index contributed by atoms with van der Waals surface area (Å²) in [7, 11) is 1.83. The van der Waals surface area contributed by atoms with Gasteiger partial charge >= 0.3 is 5.97 Å². The Kier molecular flexibility index (Phi) is 3.12. The Hall–Kier alpha value is -0.610. The average molecular weight is 215 g/mol. The monoisotopic (exact) mass is 215 g/mol. The normalized spacial score (nSPS) is 26.7. The molecule has 1 saturated heterocycles. The van der Waals surface area contributed by atoms with E-state index in [-0.39, 0.29) is 11.9 Å². The van der Waals surface area contributed by atoms with Crippen LogP contribution in [0.15, 0.2) is 0 Å². The number of carbonyl (C=O) groups excluding carboxylic acids is 1. The van der Waals surface area contributed by atoms with Crippen molar-refractivity contribution in [1.29, 1.82) is 0 Å². The third kappa shape index (κ3) is 3.18. The molecule has 0 amide bonds. The van der Waals surface area contributed by atoms with E-state index in [1.807, 2.05) is 41.7 Å². The highest BCUT2D eigenvalue weighted by Crippen LogP contribution is 2.31. The molecule has 1 fully saturated rings. The first kappa shape index (κ1) is 12.5. The maximum Gasteiger partial charge on any atom is 0.313 e. The lowest BCUT2D eigenvalue weighted by molar-refractivity contribution is -0.180. The lowest BCUT2D eigenvalue weighted by Crippen LogP contribution is -2.39. The maximum atomic E-state index is 11.9. The van der Waals surface area contributed by atoms with Crippen molar-refractivity contribution in [2.24, 2.45) is 5.92 Å². The fourth-order valence-electron chi connectivity index (χ4n) is 1.71. The van der Waals surface area contributed by atoms with Gasteiger partial charge < -0.3 is 4.74 Å². The van der Waals surface area contributed by atoms with Crippen molar-refractivity contribution in [3.63, 3.8) is 0 Å². The minimum atomic E-state index is -0.475. The van der Waals surface area contributed by atoms with Crippen molar-refractivity contribution in [2.45, 2.75) is 45.8 Å². The van der Waals surface area contributed by atoms with E-state index in [1.165, 1.54) is 0 Å². The van der Waals surface area contributed by atoms with E-state index >= 15 is 0 Å². The van der Waals surface area contributed by atoms with Gasteiger partial charge in [-0.1, -0.05) is 0 Å². The summed E-state index contributed by atoms with van der Waals surface area (Å²) in [5, 5.41) is 1.69. The summed E-state index contributed by atoms with van der Waals surface area (Å²) in [5.41, 5.74) is -0.911. The van der Waals surface area contributed by atoms with Gasteiger partial charge in [0.15, 0.2) is 0 Å². The molecule has 0 aromatic rings. The Bertz CT molecular complexity index is 255. The topological polar surface area (TPSA) is 38.8 Å². The minimum absolute atomic E-state index is 0.183. The van der Waals surface area contributed by atoms with Crippen molar-refractivity contribution >= 4 is 5.97 Å². The molecule has 88 valence electrons. The van der Waals surface area contributed by atoms with Gasteiger partial charge in [-0.3, -0.25) is 9.63 Å². The highest BCUT2D eigenvalue weighted by atomic mass is 16.7. The van der Waals surface area contributed by atoms with Crippen LogP contribution >= 0.6 is 0 Å². The predicted octanol–water partition coefficient (Wildman–Crippen LogP) is 1.60. The Labute approximate surface area is 91.5 Å². The molecule has 0 saturated carbocycles. The summed E-state index contributed by atoms with van der Waals surface area (Å²) in [6.07, 6.45) is 0. The Morgan fingerprint density at radius 2 is 2.00 bits per heavy atom. The van der Waals surface area contributed by atoms with E-state index in [1.54, 1.807) is 5.06 Å². The van der Waals surface area contributed by atoms with Crippen LogP contribution in [-0.4, -0.2) is 35.8 Å². The van der Waals surface area contributed by atoms with Crippen molar-refractivity contribution < 1.29 is 14.4 Å². The minimum Gasteiger partial charge on any atom is -0.460 e. The molecule has 1 rings (SSSR count). The average Bonchev–Trinajstić information content (AvgIpc) is 2.20. The van der Waals surface area contributed by atoms with Crippen LogP contribution in [0.1, 0.15) is 34.6 Å². The van der Waals surface area contributed by atoms with Gasteiger partial charge in [0.05, 0.1) is 5.60 Å². The van der Waals surface area contributed by atoms with Crippen molar-refractivity contribution in [2.75, 3.05) is 13.6 Å². The van der Waals surface area contributed by atoms with Crippen LogP contribution < -0.4 is 0 Å². The summed E-state index contributed by atoms with van der Waals surface area (Å²) >= 11 is 0. The first-order chi connectivity index (χ1) is 6.62. The second-order valence-electron chi connectivity index (χ2n) is 5.59. The Balaban J connectivity index is 2.68. The second kappa shape index (κ2) is 3.76. The van der Waals surface area contributed by atoms with E-state index < -0.39 is 11.2 Å². The van der Waals surface area contributed by atoms with Gasteiger partial charge in [-0.2, -0.15) is 5.06 Å². The van der Waals surface area contributed by atoms with Crippen LogP contribution in [0.5, 0.6) is 0 Å². The lowest BCUT2D eigenvalue weighted by Gasteiger charge is -2.26. The van der Waals surface area contributed by atoms with Gasteiger partial charge in [0.1, 0.15) is 11.5 Å². The number of hydrogen-bond acceptors (Lipinski definition) is 4. The Morgan fingerprint density at radius 1 is 1.47 bits per heavy atom. The fraction of sp³-hybridized carbons (Fsp3) is 0.909. The number of rotatable bonds is 1. The van der Waals surface area contributed by atoms with Crippen LogP contribution in [0.4, 0.5) is 0 Å². The van der Waals surface area contributed by atoms with Crippen molar-refractivity contribution in [3.8, 4) is 0 Å². The zero-order valence-electron chi connectivity index (χ0n) is 10.5.